The van der Waals surface area contributed by atoms with Crippen LogP contribution in [0, 0.1) is 0 Å². The van der Waals surface area contributed by atoms with E-state index in [4.69, 9.17) is 14.2 Å². The van der Waals surface area contributed by atoms with Gasteiger partial charge in [0.1, 0.15) is 6.61 Å². The van der Waals surface area contributed by atoms with Gasteiger partial charge in [0.05, 0.1) is 6.61 Å². The largest absolute Gasteiger partial charge is 0.462 e. The molecule has 0 spiro atoms. The summed E-state index contributed by atoms with van der Waals surface area (Å²) in [4.78, 5) is 25.4. The Labute approximate surface area is 387 Å². The Balaban J connectivity index is 4.25. The molecule has 0 aromatic carbocycles. The summed E-state index contributed by atoms with van der Waals surface area (Å²) in [5, 5.41) is 0. The number of carbonyl (C=O) groups excluding carboxylic acids is 2. The van der Waals surface area contributed by atoms with Gasteiger partial charge in [-0.2, -0.15) is 0 Å². The number of hydrogen-bond donors (Lipinski definition) is 0. The smallest absolute Gasteiger partial charge is 0.306 e. The normalized spacial score (nSPS) is 12.2. The fraction of sp³-hybridized carbons (Fsp3) is 0.895. The molecular weight excluding hydrogens is 765 g/mol. The maximum absolute atomic E-state index is 12.8. The second-order valence-corrected chi connectivity index (χ2v) is 18.8. The van der Waals surface area contributed by atoms with E-state index in [-0.39, 0.29) is 25.2 Å². The molecular formula is C57H108O5. The van der Waals surface area contributed by atoms with E-state index in [2.05, 4.69) is 45.1 Å². The molecule has 0 bridgehead atoms. The number of carbonyl (C=O) groups is 2. The third-order valence-electron chi connectivity index (χ3n) is 12.5. The van der Waals surface area contributed by atoms with E-state index in [9.17, 15) is 9.59 Å². The fourth-order valence-electron chi connectivity index (χ4n) is 8.27. The molecule has 0 aliphatic rings. The minimum Gasteiger partial charge on any atom is -0.462 e. The first kappa shape index (κ1) is 60.4. The summed E-state index contributed by atoms with van der Waals surface area (Å²) in [5.41, 5.74) is 0. The van der Waals surface area contributed by atoms with Crippen molar-refractivity contribution in [3.8, 4) is 0 Å². The number of rotatable bonds is 52. The van der Waals surface area contributed by atoms with E-state index in [0.29, 0.717) is 19.4 Å². The molecule has 0 rings (SSSR count). The van der Waals surface area contributed by atoms with Crippen molar-refractivity contribution in [3.05, 3.63) is 24.3 Å². The lowest BCUT2D eigenvalue weighted by molar-refractivity contribution is -0.163. The van der Waals surface area contributed by atoms with Crippen LogP contribution in [0.15, 0.2) is 24.3 Å². The summed E-state index contributed by atoms with van der Waals surface area (Å²) >= 11 is 0. The average Bonchev–Trinajstić information content (AvgIpc) is 3.27. The molecule has 0 unspecified atom stereocenters. The predicted octanol–water partition coefficient (Wildman–Crippen LogP) is 18.8. The van der Waals surface area contributed by atoms with Gasteiger partial charge in [-0.3, -0.25) is 9.59 Å². The monoisotopic (exact) mass is 873 g/mol. The van der Waals surface area contributed by atoms with E-state index >= 15 is 0 Å². The topological polar surface area (TPSA) is 61.8 Å². The molecule has 5 nitrogen and oxygen atoms in total. The Morgan fingerprint density at radius 3 is 0.984 bits per heavy atom. The molecule has 0 fully saturated rings. The Kier molecular flexibility index (Phi) is 52.3. The molecule has 5 heteroatoms. The summed E-state index contributed by atoms with van der Waals surface area (Å²) in [6.07, 6.45) is 63.3. The minimum absolute atomic E-state index is 0.0843. The molecule has 62 heavy (non-hydrogen) atoms. The highest BCUT2D eigenvalue weighted by Crippen LogP contribution is 2.16. The Morgan fingerprint density at radius 2 is 0.629 bits per heavy atom. The quantitative estimate of drug-likeness (QED) is 0.0346. The first-order valence-corrected chi connectivity index (χ1v) is 27.9. The first-order chi connectivity index (χ1) is 30.6. The van der Waals surface area contributed by atoms with Crippen LogP contribution in [0.3, 0.4) is 0 Å². The molecule has 0 saturated carbocycles. The lowest BCUT2D eigenvalue weighted by atomic mass is 10.0. The molecule has 0 radical (unpaired) electrons. The third kappa shape index (κ3) is 51.0. The Morgan fingerprint density at radius 1 is 0.339 bits per heavy atom. The molecule has 1 atom stereocenters. The lowest BCUT2D eigenvalue weighted by Gasteiger charge is -2.18. The zero-order chi connectivity index (χ0) is 44.9. The number of allylic oxidation sites excluding steroid dienone is 4. The van der Waals surface area contributed by atoms with Crippen molar-refractivity contribution < 1.29 is 23.8 Å². The second-order valence-electron chi connectivity index (χ2n) is 18.8. The van der Waals surface area contributed by atoms with Crippen LogP contribution >= 0.6 is 0 Å². The van der Waals surface area contributed by atoms with E-state index in [0.717, 1.165) is 57.8 Å². The molecule has 0 aromatic heterocycles. The van der Waals surface area contributed by atoms with Crippen LogP contribution in [-0.4, -0.2) is 37.9 Å². The number of ether oxygens (including phenoxy) is 3. The van der Waals surface area contributed by atoms with Gasteiger partial charge in [0.15, 0.2) is 6.10 Å². The molecule has 0 heterocycles. The zero-order valence-electron chi connectivity index (χ0n) is 42.2. The maximum atomic E-state index is 12.8. The van der Waals surface area contributed by atoms with Gasteiger partial charge in [0.2, 0.25) is 0 Å². The van der Waals surface area contributed by atoms with Crippen molar-refractivity contribution in [1.29, 1.82) is 0 Å². The summed E-state index contributed by atoms with van der Waals surface area (Å²) in [6, 6.07) is 0. The van der Waals surface area contributed by atoms with Gasteiger partial charge >= 0.3 is 11.9 Å². The Bertz CT molecular complexity index is 943. The summed E-state index contributed by atoms with van der Waals surface area (Å²) < 4.78 is 17.5. The third-order valence-corrected chi connectivity index (χ3v) is 12.5. The van der Waals surface area contributed by atoms with Crippen LogP contribution in [0.1, 0.15) is 303 Å². The van der Waals surface area contributed by atoms with Gasteiger partial charge in [-0.05, 0) is 70.6 Å². The maximum Gasteiger partial charge on any atom is 0.306 e. The SMILES string of the molecule is CCCCCCCCC=CCCCCCCCC(=O)OC[C@@H](COCCCCCCCCCCCCCCCCCC)OC(=O)CCCCCCCC=CCCCCCCCC. The predicted molar refractivity (Wildman–Crippen MR) is 270 cm³/mol. The van der Waals surface area contributed by atoms with E-state index in [1.54, 1.807) is 0 Å². The van der Waals surface area contributed by atoms with Crippen molar-refractivity contribution in [2.45, 2.75) is 309 Å². The second kappa shape index (κ2) is 53.7. The van der Waals surface area contributed by atoms with Crippen LogP contribution in [0.4, 0.5) is 0 Å². The van der Waals surface area contributed by atoms with E-state index < -0.39 is 6.10 Å². The lowest BCUT2D eigenvalue weighted by Crippen LogP contribution is -2.30. The molecule has 366 valence electrons. The van der Waals surface area contributed by atoms with Gasteiger partial charge in [0, 0.05) is 19.4 Å². The highest BCUT2D eigenvalue weighted by atomic mass is 16.6. The van der Waals surface area contributed by atoms with Crippen molar-refractivity contribution in [2.75, 3.05) is 19.8 Å². The zero-order valence-corrected chi connectivity index (χ0v) is 42.2. The van der Waals surface area contributed by atoms with E-state index in [1.807, 2.05) is 0 Å². The summed E-state index contributed by atoms with van der Waals surface area (Å²) in [6.45, 7) is 7.86. The van der Waals surface area contributed by atoms with Crippen molar-refractivity contribution in [1.82, 2.24) is 0 Å². The van der Waals surface area contributed by atoms with Crippen LogP contribution in [0.2, 0.25) is 0 Å². The standard InChI is InChI=1S/C57H108O5/c1-4-7-10-13-16-19-22-25-28-31-34-37-40-43-46-49-52-60-53-55(62-57(59)51-48-45-42-39-36-33-30-27-24-21-18-15-12-9-6-3)54-61-56(58)50-47-44-41-38-35-32-29-26-23-20-17-14-11-8-5-2/h26-27,29-30,55H,4-25,28,31-54H2,1-3H3/t55-/m1/s1. The van der Waals surface area contributed by atoms with E-state index in [1.165, 1.54) is 212 Å². The van der Waals surface area contributed by atoms with Crippen LogP contribution in [0.5, 0.6) is 0 Å². The molecule has 0 N–H and O–H groups in total. The molecule has 0 aromatic rings. The average molecular weight is 873 g/mol. The fourth-order valence-corrected chi connectivity index (χ4v) is 8.27. The first-order valence-electron chi connectivity index (χ1n) is 27.9. The van der Waals surface area contributed by atoms with Crippen LogP contribution in [0.25, 0.3) is 0 Å². The summed E-state index contributed by atoms with van der Waals surface area (Å²) in [5.74, 6) is -0.398. The van der Waals surface area contributed by atoms with Crippen molar-refractivity contribution >= 4 is 11.9 Å². The van der Waals surface area contributed by atoms with Gasteiger partial charge in [-0.15, -0.1) is 0 Å². The minimum atomic E-state index is -0.537. The number of unbranched alkanes of at least 4 members (excludes halogenated alkanes) is 37. The molecule has 0 amide bonds. The van der Waals surface area contributed by atoms with Crippen molar-refractivity contribution in [3.63, 3.8) is 0 Å². The van der Waals surface area contributed by atoms with Gasteiger partial charge in [-0.1, -0.05) is 244 Å². The van der Waals surface area contributed by atoms with Gasteiger partial charge < -0.3 is 14.2 Å². The number of hydrogen-bond acceptors (Lipinski definition) is 5. The molecule has 0 aliphatic heterocycles. The van der Waals surface area contributed by atoms with Gasteiger partial charge in [-0.25, -0.2) is 0 Å². The number of esters is 2. The highest BCUT2D eigenvalue weighted by Gasteiger charge is 2.17. The Hall–Kier alpha value is -1.62. The van der Waals surface area contributed by atoms with Crippen LogP contribution in [-0.2, 0) is 23.8 Å². The molecule has 0 aliphatic carbocycles. The highest BCUT2D eigenvalue weighted by molar-refractivity contribution is 5.70. The molecule has 0 saturated heterocycles. The van der Waals surface area contributed by atoms with Crippen molar-refractivity contribution in [2.24, 2.45) is 0 Å². The van der Waals surface area contributed by atoms with Gasteiger partial charge in [0.25, 0.3) is 0 Å². The van der Waals surface area contributed by atoms with Crippen LogP contribution < -0.4 is 0 Å². The summed E-state index contributed by atoms with van der Waals surface area (Å²) in [7, 11) is 0.